The molecule has 0 fully saturated rings. The van der Waals surface area contributed by atoms with Gasteiger partial charge in [-0.15, -0.1) is 0 Å². The standard InChI is InChI=1S/C37H47NO3/c1-27(2)31-20-13-21-32(28(3)4)35(31)38-26-37(5,6)34(23-15-25-41-30-18-11-8-12-19-30)33(36(38)39)22-14-24-40-29-16-9-7-10-17-29/h7-13,16-21,27-28H,14-15,22-26H2,1-6H3. The Balaban J connectivity index is 1.62. The Bertz CT molecular complexity index is 1280. The number of ether oxygens (including phenoxy) is 2. The van der Waals surface area contributed by atoms with Gasteiger partial charge in [-0.3, -0.25) is 4.79 Å². The smallest absolute Gasteiger partial charge is 0.254 e. The van der Waals surface area contributed by atoms with E-state index in [9.17, 15) is 4.79 Å². The predicted molar refractivity (Wildman–Crippen MR) is 170 cm³/mol. The fourth-order valence-corrected chi connectivity index (χ4v) is 5.93. The van der Waals surface area contributed by atoms with Crippen LogP contribution in [0.3, 0.4) is 0 Å². The van der Waals surface area contributed by atoms with E-state index in [0.29, 0.717) is 38.0 Å². The van der Waals surface area contributed by atoms with Gasteiger partial charge in [0.15, 0.2) is 0 Å². The minimum atomic E-state index is -0.158. The van der Waals surface area contributed by atoms with E-state index in [1.807, 2.05) is 60.7 Å². The van der Waals surface area contributed by atoms with Crippen LogP contribution in [0.1, 0.15) is 90.2 Å². The molecule has 3 aromatic carbocycles. The van der Waals surface area contributed by atoms with Gasteiger partial charge >= 0.3 is 0 Å². The first-order valence-corrected chi connectivity index (χ1v) is 15.2. The normalized spacial score (nSPS) is 15.1. The van der Waals surface area contributed by atoms with Crippen LogP contribution in [0.25, 0.3) is 0 Å². The third kappa shape index (κ3) is 7.61. The first kappa shape index (κ1) is 30.4. The minimum absolute atomic E-state index is 0.151. The van der Waals surface area contributed by atoms with Gasteiger partial charge in [-0.1, -0.05) is 102 Å². The van der Waals surface area contributed by atoms with Crippen LogP contribution in [0.2, 0.25) is 0 Å². The number of nitrogens with zero attached hydrogens (tertiary/aromatic N) is 1. The first-order chi connectivity index (χ1) is 19.7. The van der Waals surface area contributed by atoms with Gasteiger partial charge in [0.25, 0.3) is 5.91 Å². The Kier molecular flexibility index (Phi) is 10.3. The number of para-hydroxylation sites is 3. The highest BCUT2D eigenvalue weighted by atomic mass is 16.5. The summed E-state index contributed by atoms with van der Waals surface area (Å²) in [4.78, 5) is 16.6. The molecule has 1 aliphatic rings. The van der Waals surface area contributed by atoms with Crippen LogP contribution >= 0.6 is 0 Å². The molecule has 0 aromatic heterocycles. The molecule has 0 radical (unpaired) electrons. The Morgan fingerprint density at radius 1 is 0.707 bits per heavy atom. The van der Waals surface area contributed by atoms with Crippen molar-refractivity contribution in [3.8, 4) is 11.5 Å². The molecule has 0 saturated carbocycles. The summed E-state index contributed by atoms with van der Waals surface area (Å²) in [6.07, 6.45) is 3.19. The van der Waals surface area contributed by atoms with Crippen molar-refractivity contribution < 1.29 is 14.3 Å². The Morgan fingerprint density at radius 3 is 1.68 bits per heavy atom. The summed E-state index contributed by atoms with van der Waals surface area (Å²) in [5, 5.41) is 0. The van der Waals surface area contributed by atoms with Crippen molar-refractivity contribution in [2.75, 3.05) is 24.7 Å². The summed E-state index contributed by atoms with van der Waals surface area (Å²) < 4.78 is 12.0. The van der Waals surface area contributed by atoms with Crippen LogP contribution in [0.5, 0.6) is 11.5 Å². The van der Waals surface area contributed by atoms with E-state index in [-0.39, 0.29) is 11.3 Å². The summed E-state index contributed by atoms with van der Waals surface area (Å²) in [6, 6.07) is 26.4. The minimum Gasteiger partial charge on any atom is -0.494 e. The van der Waals surface area contributed by atoms with Gasteiger partial charge in [-0.25, -0.2) is 0 Å². The average Bonchev–Trinajstić information content (AvgIpc) is 2.96. The lowest BCUT2D eigenvalue weighted by atomic mass is 9.74. The van der Waals surface area contributed by atoms with Gasteiger partial charge in [0.05, 0.1) is 18.9 Å². The van der Waals surface area contributed by atoms with Crippen LogP contribution in [0, 0.1) is 5.41 Å². The van der Waals surface area contributed by atoms with Crippen molar-refractivity contribution in [3.63, 3.8) is 0 Å². The predicted octanol–water partition coefficient (Wildman–Crippen LogP) is 9.32. The molecule has 0 bridgehead atoms. The third-order valence-corrected chi connectivity index (χ3v) is 8.02. The highest BCUT2D eigenvalue weighted by Gasteiger charge is 2.40. The summed E-state index contributed by atoms with van der Waals surface area (Å²) in [7, 11) is 0. The summed E-state index contributed by atoms with van der Waals surface area (Å²) in [6.45, 7) is 15.4. The molecule has 4 nitrogen and oxygen atoms in total. The molecule has 0 atom stereocenters. The van der Waals surface area contributed by atoms with Crippen molar-refractivity contribution in [1.82, 2.24) is 0 Å². The number of hydrogen-bond donors (Lipinski definition) is 0. The van der Waals surface area contributed by atoms with Gasteiger partial charge < -0.3 is 14.4 Å². The van der Waals surface area contributed by atoms with E-state index in [1.165, 1.54) is 16.7 Å². The number of carbonyl (C=O) groups is 1. The molecule has 0 saturated heterocycles. The average molecular weight is 554 g/mol. The fourth-order valence-electron chi connectivity index (χ4n) is 5.93. The van der Waals surface area contributed by atoms with Crippen LogP contribution < -0.4 is 14.4 Å². The first-order valence-electron chi connectivity index (χ1n) is 15.2. The maximum Gasteiger partial charge on any atom is 0.254 e. The number of benzene rings is 3. The maximum absolute atomic E-state index is 14.5. The van der Waals surface area contributed by atoms with E-state index < -0.39 is 0 Å². The molecule has 1 amide bonds. The van der Waals surface area contributed by atoms with E-state index in [1.54, 1.807) is 0 Å². The van der Waals surface area contributed by atoms with Gasteiger partial charge in [0, 0.05) is 17.5 Å². The van der Waals surface area contributed by atoms with Crippen LogP contribution in [-0.2, 0) is 4.79 Å². The van der Waals surface area contributed by atoms with E-state index in [2.05, 4.69) is 64.6 Å². The maximum atomic E-state index is 14.5. The number of carbonyl (C=O) groups excluding carboxylic acids is 1. The van der Waals surface area contributed by atoms with Gasteiger partial charge in [-0.05, 0) is 72.9 Å². The number of rotatable bonds is 13. The SMILES string of the molecule is CC(C)c1cccc(C(C)C)c1N1CC(C)(C)C(CCCOc2ccccc2)=C(CCCOc2ccccc2)C1=O. The zero-order chi connectivity index (χ0) is 29.4. The second-order valence-corrected chi connectivity index (χ2v) is 12.4. The summed E-state index contributed by atoms with van der Waals surface area (Å²) in [5.41, 5.74) is 5.65. The summed E-state index contributed by atoms with van der Waals surface area (Å²) in [5.74, 6) is 2.55. The van der Waals surface area contributed by atoms with E-state index >= 15 is 0 Å². The van der Waals surface area contributed by atoms with Gasteiger partial charge in [0.2, 0.25) is 0 Å². The number of hydrogen-bond acceptors (Lipinski definition) is 3. The highest BCUT2D eigenvalue weighted by Crippen LogP contribution is 2.44. The lowest BCUT2D eigenvalue weighted by Gasteiger charge is -2.43. The number of anilines is 1. The zero-order valence-corrected chi connectivity index (χ0v) is 25.8. The Morgan fingerprint density at radius 2 is 1.20 bits per heavy atom. The Hall–Kier alpha value is -3.53. The van der Waals surface area contributed by atoms with Crippen LogP contribution in [0.4, 0.5) is 5.69 Å². The van der Waals surface area contributed by atoms with Crippen molar-refractivity contribution in [2.45, 2.75) is 79.1 Å². The quantitative estimate of drug-likeness (QED) is 0.198. The molecule has 0 aliphatic carbocycles. The molecule has 1 aliphatic heterocycles. The summed E-state index contributed by atoms with van der Waals surface area (Å²) >= 11 is 0. The lowest BCUT2D eigenvalue weighted by Crippen LogP contribution is -2.47. The molecule has 0 N–H and O–H groups in total. The molecule has 3 aromatic rings. The van der Waals surface area contributed by atoms with Crippen molar-refractivity contribution in [1.29, 1.82) is 0 Å². The topological polar surface area (TPSA) is 38.8 Å². The second-order valence-electron chi connectivity index (χ2n) is 12.4. The molecule has 0 spiro atoms. The van der Waals surface area contributed by atoms with E-state index in [4.69, 9.17) is 9.47 Å². The molecule has 1 heterocycles. The number of amides is 1. The van der Waals surface area contributed by atoms with Crippen LogP contribution in [-0.4, -0.2) is 25.7 Å². The van der Waals surface area contributed by atoms with Gasteiger partial charge in [-0.2, -0.15) is 0 Å². The molecule has 4 heteroatoms. The molecule has 4 rings (SSSR count). The van der Waals surface area contributed by atoms with Crippen molar-refractivity contribution in [3.05, 3.63) is 101 Å². The lowest BCUT2D eigenvalue weighted by molar-refractivity contribution is -0.116. The third-order valence-electron chi connectivity index (χ3n) is 8.02. The molecule has 218 valence electrons. The second kappa shape index (κ2) is 13.9. The zero-order valence-electron chi connectivity index (χ0n) is 25.8. The monoisotopic (exact) mass is 553 g/mol. The largest absolute Gasteiger partial charge is 0.494 e. The van der Waals surface area contributed by atoms with Crippen LogP contribution in [0.15, 0.2) is 90.0 Å². The highest BCUT2D eigenvalue weighted by molar-refractivity contribution is 6.08. The molecule has 41 heavy (non-hydrogen) atoms. The molecule has 0 unspecified atom stereocenters. The van der Waals surface area contributed by atoms with Gasteiger partial charge in [0.1, 0.15) is 11.5 Å². The van der Waals surface area contributed by atoms with Crippen molar-refractivity contribution in [2.24, 2.45) is 5.41 Å². The fraction of sp³-hybridized carbons (Fsp3) is 0.432. The van der Waals surface area contributed by atoms with E-state index in [0.717, 1.165) is 42.0 Å². The van der Waals surface area contributed by atoms with Crippen molar-refractivity contribution >= 4 is 11.6 Å². The molecular formula is C37H47NO3. The molecular weight excluding hydrogens is 506 g/mol. The Labute approximate surface area is 247 Å².